The number of halogens is 1. The van der Waals surface area contributed by atoms with E-state index in [1.54, 1.807) is 55.6 Å². The van der Waals surface area contributed by atoms with E-state index < -0.39 is 23.5 Å². The molecule has 178 valence electrons. The molecular formula is C26H26ClNO6. The van der Waals surface area contributed by atoms with Crippen molar-refractivity contribution >= 4 is 34.3 Å². The van der Waals surface area contributed by atoms with Gasteiger partial charge in [-0.1, -0.05) is 23.7 Å². The van der Waals surface area contributed by atoms with Gasteiger partial charge in [0.1, 0.15) is 11.3 Å². The number of benzene rings is 2. The summed E-state index contributed by atoms with van der Waals surface area (Å²) in [5.74, 6) is -1.16. The average Bonchev–Trinajstić information content (AvgIpc) is 3.35. The summed E-state index contributed by atoms with van der Waals surface area (Å²) in [5, 5.41) is 12.0. The van der Waals surface area contributed by atoms with Crippen molar-refractivity contribution < 1.29 is 28.6 Å². The minimum absolute atomic E-state index is 0.0181. The van der Waals surface area contributed by atoms with Crippen LogP contribution in [0, 0.1) is 0 Å². The van der Waals surface area contributed by atoms with Crippen LogP contribution in [0.2, 0.25) is 5.02 Å². The van der Waals surface area contributed by atoms with E-state index in [4.69, 9.17) is 25.5 Å². The Kier molecular flexibility index (Phi) is 6.95. The number of ether oxygens (including phenoxy) is 2. The number of fused-ring (bicyclic) bond motifs is 1. The molecule has 1 aliphatic rings. The van der Waals surface area contributed by atoms with Crippen molar-refractivity contribution in [1.82, 2.24) is 4.90 Å². The van der Waals surface area contributed by atoms with Crippen molar-refractivity contribution in [2.45, 2.75) is 32.4 Å². The van der Waals surface area contributed by atoms with Crippen LogP contribution < -0.4 is 4.74 Å². The molecule has 2 aromatic carbocycles. The van der Waals surface area contributed by atoms with E-state index in [1.165, 1.54) is 4.90 Å². The molecule has 1 amide bonds. The Labute approximate surface area is 202 Å². The molecule has 34 heavy (non-hydrogen) atoms. The number of furan rings is 1. The summed E-state index contributed by atoms with van der Waals surface area (Å²) in [6.07, 6.45) is 0.608. The van der Waals surface area contributed by atoms with Crippen LogP contribution >= 0.6 is 11.6 Å². The number of carbonyl (C=O) groups excluding carboxylic acids is 2. The fourth-order valence-electron chi connectivity index (χ4n) is 4.09. The number of methoxy groups -OCH3 is 1. The molecule has 3 aromatic rings. The number of ketones is 1. The Morgan fingerprint density at radius 1 is 1.21 bits per heavy atom. The van der Waals surface area contributed by atoms with Crippen molar-refractivity contribution in [3.63, 3.8) is 0 Å². The second-order valence-electron chi connectivity index (χ2n) is 8.34. The van der Waals surface area contributed by atoms with Crippen molar-refractivity contribution in [2.75, 3.05) is 20.3 Å². The van der Waals surface area contributed by atoms with Gasteiger partial charge in [-0.3, -0.25) is 9.59 Å². The van der Waals surface area contributed by atoms with Crippen molar-refractivity contribution in [3.8, 4) is 5.75 Å². The summed E-state index contributed by atoms with van der Waals surface area (Å²) in [6.45, 7) is 4.61. The summed E-state index contributed by atoms with van der Waals surface area (Å²) in [7, 11) is 1.54. The maximum absolute atomic E-state index is 13.6. The highest BCUT2D eigenvalue weighted by Gasteiger charge is 2.44. The third-order valence-electron chi connectivity index (χ3n) is 5.65. The lowest BCUT2D eigenvalue weighted by Crippen LogP contribution is -2.32. The molecule has 0 bridgehead atoms. The minimum Gasteiger partial charge on any atom is -0.503 e. The second kappa shape index (κ2) is 9.91. The molecule has 1 aliphatic heterocycles. The molecule has 8 heteroatoms. The summed E-state index contributed by atoms with van der Waals surface area (Å²) in [5.41, 5.74) is 1.09. The first kappa shape index (κ1) is 23.9. The summed E-state index contributed by atoms with van der Waals surface area (Å²) in [4.78, 5) is 28.1. The van der Waals surface area contributed by atoms with Crippen molar-refractivity contribution in [2.24, 2.45) is 0 Å². The first-order chi connectivity index (χ1) is 16.3. The molecule has 0 spiro atoms. The number of hydrogen-bond donors (Lipinski definition) is 1. The lowest BCUT2D eigenvalue weighted by atomic mass is 9.94. The molecule has 0 aliphatic carbocycles. The Bertz CT molecular complexity index is 1260. The van der Waals surface area contributed by atoms with Crippen LogP contribution in [0.3, 0.4) is 0 Å². The van der Waals surface area contributed by atoms with Crippen LogP contribution in [-0.2, 0) is 9.53 Å². The topological polar surface area (TPSA) is 89.2 Å². The van der Waals surface area contributed by atoms with Crippen LogP contribution in [0.1, 0.15) is 42.4 Å². The Hall–Kier alpha value is -3.29. The molecule has 1 atom stereocenters. The van der Waals surface area contributed by atoms with Gasteiger partial charge in [0.15, 0.2) is 11.5 Å². The Morgan fingerprint density at radius 2 is 2.00 bits per heavy atom. The van der Waals surface area contributed by atoms with Gasteiger partial charge in [0.05, 0.1) is 24.8 Å². The smallest absolute Gasteiger partial charge is 0.290 e. The lowest BCUT2D eigenvalue weighted by molar-refractivity contribution is -0.129. The predicted octanol–water partition coefficient (Wildman–Crippen LogP) is 5.49. The maximum atomic E-state index is 13.6. The van der Waals surface area contributed by atoms with Crippen LogP contribution in [0.15, 0.2) is 64.3 Å². The van der Waals surface area contributed by atoms with E-state index in [-0.39, 0.29) is 17.4 Å². The zero-order chi connectivity index (χ0) is 24.4. The van der Waals surface area contributed by atoms with Crippen LogP contribution in [-0.4, -0.2) is 48.1 Å². The zero-order valence-electron chi connectivity index (χ0n) is 19.2. The van der Waals surface area contributed by atoms with Crippen LogP contribution in [0.5, 0.6) is 5.75 Å². The van der Waals surface area contributed by atoms with E-state index in [0.717, 1.165) is 0 Å². The van der Waals surface area contributed by atoms with Gasteiger partial charge in [-0.05, 0) is 62.2 Å². The highest BCUT2D eigenvalue weighted by Crippen LogP contribution is 2.40. The van der Waals surface area contributed by atoms with Crippen LogP contribution in [0.25, 0.3) is 11.0 Å². The summed E-state index contributed by atoms with van der Waals surface area (Å²) in [6, 6.07) is 12.9. The van der Waals surface area contributed by atoms with Gasteiger partial charge in [0, 0.05) is 23.6 Å². The second-order valence-corrected chi connectivity index (χ2v) is 8.77. The van der Waals surface area contributed by atoms with Gasteiger partial charge in [-0.2, -0.15) is 0 Å². The molecule has 7 nitrogen and oxygen atoms in total. The lowest BCUT2D eigenvalue weighted by Gasteiger charge is -2.27. The highest BCUT2D eigenvalue weighted by atomic mass is 35.5. The first-order valence-electron chi connectivity index (χ1n) is 11.0. The van der Waals surface area contributed by atoms with E-state index in [9.17, 15) is 14.7 Å². The predicted molar refractivity (Wildman–Crippen MR) is 128 cm³/mol. The average molecular weight is 484 g/mol. The number of amides is 1. The highest BCUT2D eigenvalue weighted by molar-refractivity contribution is 6.31. The van der Waals surface area contributed by atoms with Crippen molar-refractivity contribution in [3.05, 3.63) is 76.2 Å². The van der Waals surface area contributed by atoms with Crippen molar-refractivity contribution in [1.29, 1.82) is 0 Å². The van der Waals surface area contributed by atoms with Crippen LogP contribution in [0.4, 0.5) is 0 Å². The van der Waals surface area contributed by atoms with E-state index >= 15 is 0 Å². The fourth-order valence-corrected chi connectivity index (χ4v) is 4.27. The molecule has 1 unspecified atom stereocenters. The number of aliphatic hydroxyl groups is 1. The molecular weight excluding hydrogens is 458 g/mol. The number of Topliss-reactive ketones (excluding diaryl/α,β-unsaturated/α-hetero) is 1. The van der Waals surface area contributed by atoms with Gasteiger partial charge in [-0.25, -0.2) is 0 Å². The number of aliphatic hydroxyl groups excluding tert-OH is 1. The van der Waals surface area contributed by atoms with E-state index in [1.807, 2.05) is 13.8 Å². The number of carbonyl (C=O) groups is 2. The third kappa shape index (κ3) is 4.67. The maximum Gasteiger partial charge on any atom is 0.290 e. The fraction of sp³-hybridized carbons (Fsp3) is 0.308. The molecule has 1 aromatic heterocycles. The Balaban J connectivity index is 1.72. The summed E-state index contributed by atoms with van der Waals surface area (Å²) >= 11 is 6.06. The minimum atomic E-state index is -0.800. The molecule has 0 radical (unpaired) electrons. The van der Waals surface area contributed by atoms with E-state index in [0.29, 0.717) is 46.9 Å². The molecule has 2 heterocycles. The van der Waals surface area contributed by atoms with E-state index in [2.05, 4.69) is 0 Å². The number of hydrogen-bond acceptors (Lipinski definition) is 6. The van der Waals surface area contributed by atoms with Gasteiger partial charge < -0.3 is 23.9 Å². The molecule has 0 saturated heterocycles. The molecule has 1 N–H and O–H groups in total. The van der Waals surface area contributed by atoms with Gasteiger partial charge in [0.25, 0.3) is 5.91 Å². The monoisotopic (exact) mass is 483 g/mol. The summed E-state index contributed by atoms with van der Waals surface area (Å²) < 4.78 is 16.7. The molecule has 4 rings (SSSR count). The SMILES string of the molecule is COc1cccc(C2C(C(=O)c3cc4cc(Cl)ccc4o3)=C(O)C(=O)N2CCCOC(C)C)c1. The quantitative estimate of drug-likeness (QED) is 0.320. The molecule has 0 fully saturated rings. The zero-order valence-corrected chi connectivity index (χ0v) is 20.0. The Morgan fingerprint density at radius 3 is 2.74 bits per heavy atom. The third-order valence-corrected chi connectivity index (χ3v) is 5.89. The number of rotatable bonds is 9. The first-order valence-corrected chi connectivity index (χ1v) is 11.4. The standard InChI is InChI=1S/C26H26ClNO6/c1-15(2)33-11-5-10-28-23(16-6-4-7-19(13-16)32-3)22(25(30)26(28)31)24(29)21-14-17-12-18(27)8-9-20(17)34-21/h4,6-9,12-15,23,30H,5,10-11H2,1-3H3. The molecule has 0 saturated carbocycles. The normalized spacial score (nSPS) is 16.2. The largest absolute Gasteiger partial charge is 0.503 e. The van der Waals surface area contributed by atoms with Gasteiger partial charge in [0.2, 0.25) is 5.78 Å². The van der Waals surface area contributed by atoms with Gasteiger partial charge >= 0.3 is 0 Å². The number of nitrogens with zero attached hydrogens (tertiary/aromatic N) is 1. The van der Waals surface area contributed by atoms with Gasteiger partial charge in [-0.15, -0.1) is 0 Å².